The summed E-state index contributed by atoms with van der Waals surface area (Å²) in [6, 6.07) is 11.1. The second kappa shape index (κ2) is 7.51. The molecule has 0 aliphatic heterocycles. The van der Waals surface area contributed by atoms with Crippen molar-refractivity contribution < 1.29 is 74.2 Å². The molecule has 0 aliphatic carbocycles. The van der Waals surface area contributed by atoms with Crippen molar-refractivity contribution in [2.45, 2.75) is 6.61 Å². The molecule has 0 aliphatic rings. The van der Waals surface area contributed by atoms with Gasteiger partial charge in [0.2, 0.25) is 0 Å². The maximum absolute atomic E-state index is 12.6. The Morgan fingerprint density at radius 3 is 2.35 bits per heavy atom. The van der Waals surface area contributed by atoms with Gasteiger partial charge in [-0.1, -0.05) is 24.3 Å². The van der Waals surface area contributed by atoms with Crippen LogP contribution in [0.3, 0.4) is 0 Å². The van der Waals surface area contributed by atoms with Gasteiger partial charge in [0.15, 0.2) is 0 Å². The van der Waals surface area contributed by atoms with E-state index < -0.39 is 12.4 Å². The molecule has 0 unspecified atom stereocenters. The first-order valence-corrected chi connectivity index (χ1v) is 5.66. The fraction of sp³-hybridized carbons (Fsp3) is 0.0769. The third-order valence-electron chi connectivity index (χ3n) is 2.55. The molecule has 0 atom stereocenters. The van der Waals surface area contributed by atoms with Crippen molar-refractivity contribution in [1.29, 1.82) is 0 Å². The van der Waals surface area contributed by atoms with Gasteiger partial charge in [-0.25, -0.2) is 0 Å². The average molecular weight is 306 g/mol. The standard InChI is InChI=1S/C13H11BF3O2.K/c15-14(16,17)11-4-2-6-13(8-11)19-9-10-3-1-5-12(18)7-10;/h1-8,18H,9H2;/q-1;+1. The Bertz CT molecular complexity index is 576. The van der Waals surface area contributed by atoms with Gasteiger partial charge in [0, 0.05) is 0 Å². The molecular weight excluding hydrogens is 295 g/mol. The summed E-state index contributed by atoms with van der Waals surface area (Å²) in [5, 5.41) is 9.26. The molecule has 7 heteroatoms. The van der Waals surface area contributed by atoms with E-state index in [1.54, 1.807) is 12.1 Å². The van der Waals surface area contributed by atoms with Crippen molar-refractivity contribution in [1.82, 2.24) is 0 Å². The van der Waals surface area contributed by atoms with Crippen LogP contribution in [-0.4, -0.2) is 12.1 Å². The summed E-state index contributed by atoms with van der Waals surface area (Å²) in [5.74, 6) is 0.244. The molecule has 1 N–H and O–H groups in total. The van der Waals surface area contributed by atoms with Gasteiger partial charge in [0.25, 0.3) is 0 Å². The van der Waals surface area contributed by atoms with Gasteiger partial charge in [-0.15, -0.1) is 5.46 Å². The van der Waals surface area contributed by atoms with Crippen LogP contribution in [0.2, 0.25) is 0 Å². The zero-order valence-corrected chi connectivity index (χ0v) is 14.0. The minimum absolute atomic E-state index is 0. The summed E-state index contributed by atoms with van der Waals surface area (Å²) < 4.78 is 43.0. The van der Waals surface area contributed by atoms with E-state index in [1.165, 1.54) is 24.3 Å². The molecule has 2 aromatic rings. The number of halogens is 3. The maximum Gasteiger partial charge on any atom is 1.00 e. The number of aromatic hydroxyl groups is 1. The van der Waals surface area contributed by atoms with Gasteiger partial charge < -0.3 is 22.8 Å². The van der Waals surface area contributed by atoms with Crippen LogP contribution in [0.4, 0.5) is 12.9 Å². The van der Waals surface area contributed by atoms with E-state index in [0.29, 0.717) is 5.56 Å². The molecule has 0 amide bonds. The van der Waals surface area contributed by atoms with E-state index >= 15 is 0 Å². The molecule has 0 spiro atoms. The van der Waals surface area contributed by atoms with E-state index in [1.807, 2.05) is 0 Å². The Morgan fingerprint density at radius 2 is 1.70 bits per heavy atom. The monoisotopic (exact) mass is 306 g/mol. The molecule has 0 fully saturated rings. The fourth-order valence-electron chi connectivity index (χ4n) is 1.62. The number of phenols is 1. The zero-order chi connectivity index (χ0) is 13.9. The number of hydrogen-bond acceptors (Lipinski definition) is 2. The van der Waals surface area contributed by atoms with Crippen LogP contribution in [0.5, 0.6) is 11.5 Å². The first-order chi connectivity index (χ1) is 8.95. The van der Waals surface area contributed by atoms with Crippen molar-refractivity contribution in [2.24, 2.45) is 0 Å². The molecule has 0 saturated carbocycles. The van der Waals surface area contributed by atoms with Gasteiger partial charge in [-0.3, -0.25) is 0 Å². The second-order valence-corrected chi connectivity index (χ2v) is 4.11. The number of benzene rings is 2. The predicted octanol–water partition coefficient (Wildman–Crippen LogP) is 0.0296. The fourth-order valence-corrected chi connectivity index (χ4v) is 1.62. The third-order valence-corrected chi connectivity index (χ3v) is 2.55. The molecule has 2 aromatic carbocycles. The van der Waals surface area contributed by atoms with Crippen LogP contribution in [0, 0.1) is 0 Å². The normalized spacial score (nSPS) is 10.8. The van der Waals surface area contributed by atoms with Crippen molar-refractivity contribution in [3.63, 3.8) is 0 Å². The molecule has 0 heterocycles. The van der Waals surface area contributed by atoms with E-state index in [2.05, 4.69) is 0 Å². The quantitative estimate of drug-likeness (QED) is 0.808. The number of rotatable bonds is 4. The summed E-state index contributed by atoms with van der Waals surface area (Å²) in [6.45, 7) is -4.92. The summed E-state index contributed by atoms with van der Waals surface area (Å²) in [6.07, 6.45) is 0. The molecule has 0 bridgehead atoms. The van der Waals surface area contributed by atoms with Crippen LogP contribution in [0.25, 0.3) is 0 Å². The molecule has 0 aromatic heterocycles. The number of phenolic OH excluding ortho intramolecular Hbond substituents is 1. The molecule has 20 heavy (non-hydrogen) atoms. The summed E-state index contributed by atoms with van der Waals surface area (Å²) >= 11 is 0. The molecule has 2 rings (SSSR count). The maximum atomic E-state index is 12.6. The Labute approximate surface area is 157 Å². The summed E-state index contributed by atoms with van der Waals surface area (Å²) in [4.78, 5) is 0. The van der Waals surface area contributed by atoms with E-state index in [-0.39, 0.29) is 69.5 Å². The van der Waals surface area contributed by atoms with Crippen LogP contribution in [0.1, 0.15) is 5.56 Å². The Hall–Kier alpha value is -0.469. The van der Waals surface area contributed by atoms with Crippen LogP contribution < -0.4 is 61.6 Å². The van der Waals surface area contributed by atoms with Crippen molar-refractivity contribution >= 4 is 12.4 Å². The molecule has 0 radical (unpaired) electrons. The predicted molar refractivity (Wildman–Crippen MR) is 67.6 cm³/mol. The number of hydrogen-bond donors (Lipinski definition) is 1. The second-order valence-electron chi connectivity index (χ2n) is 4.11. The zero-order valence-electron chi connectivity index (χ0n) is 10.9. The van der Waals surface area contributed by atoms with Crippen molar-refractivity contribution in [3.8, 4) is 11.5 Å². The van der Waals surface area contributed by atoms with E-state index in [9.17, 15) is 18.1 Å². The van der Waals surface area contributed by atoms with Crippen molar-refractivity contribution in [2.75, 3.05) is 0 Å². The summed E-state index contributed by atoms with van der Waals surface area (Å²) in [7, 11) is 0. The van der Waals surface area contributed by atoms with Gasteiger partial charge in [0.1, 0.15) is 18.1 Å². The number of ether oxygens (including phenoxy) is 1. The first-order valence-electron chi connectivity index (χ1n) is 5.66. The third kappa shape index (κ3) is 5.14. The van der Waals surface area contributed by atoms with Crippen LogP contribution in [-0.2, 0) is 6.61 Å². The van der Waals surface area contributed by atoms with Crippen molar-refractivity contribution in [3.05, 3.63) is 54.1 Å². The minimum atomic E-state index is -5.02. The average Bonchev–Trinajstić information content (AvgIpc) is 2.36. The molecule has 100 valence electrons. The van der Waals surface area contributed by atoms with E-state index in [0.717, 1.165) is 12.1 Å². The smallest absolute Gasteiger partial charge is 0.508 e. The minimum Gasteiger partial charge on any atom is -0.508 e. The van der Waals surface area contributed by atoms with E-state index in [4.69, 9.17) is 4.74 Å². The molecular formula is C13H11BF3KO2. The molecule has 2 nitrogen and oxygen atoms in total. The summed E-state index contributed by atoms with van der Waals surface area (Å²) in [5.41, 5.74) is -0.00340. The Balaban J connectivity index is 0.00000200. The van der Waals surface area contributed by atoms with Crippen LogP contribution >= 0.6 is 0 Å². The van der Waals surface area contributed by atoms with Gasteiger partial charge in [0.05, 0.1) is 0 Å². The van der Waals surface area contributed by atoms with Gasteiger partial charge in [-0.05, 0) is 29.8 Å². The Morgan fingerprint density at radius 1 is 1.00 bits per heavy atom. The van der Waals surface area contributed by atoms with Crippen LogP contribution in [0.15, 0.2) is 48.5 Å². The SMILES string of the molecule is Oc1cccc(COc2cccc([B-](F)(F)F)c2)c1.[K+]. The Kier molecular flexibility index (Phi) is 6.61. The topological polar surface area (TPSA) is 29.5 Å². The first kappa shape index (κ1) is 17.6. The molecule has 0 saturated heterocycles. The van der Waals surface area contributed by atoms with Gasteiger partial charge in [-0.2, -0.15) is 0 Å². The largest absolute Gasteiger partial charge is 1.00 e. The van der Waals surface area contributed by atoms with Gasteiger partial charge >= 0.3 is 58.4 Å².